The second-order valence-electron chi connectivity index (χ2n) is 3.37. The lowest BCUT2D eigenvalue weighted by Crippen LogP contribution is -2.17. The summed E-state index contributed by atoms with van der Waals surface area (Å²) in [7, 11) is 0. The monoisotopic (exact) mass is 158 g/mol. The van der Waals surface area contributed by atoms with E-state index in [-0.39, 0.29) is 0 Å². The molecule has 1 atom stereocenters. The van der Waals surface area contributed by atoms with Crippen LogP contribution in [0.2, 0.25) is 0 Å². The summed E-state index contributed by atoms with van der Waals surface area (Å²) in [6.45, 7) is 2.24. The zero-order valence-corrected chi connectivity index (χ0v) is 7.74. The normalized spacial score (nSPS) is 24.6. The molecule has 1 aliphatic rings. The van der Waals surface area contributed by atoms with Crippen molar-refractivity contribution in [2.45, 2.75) is 50.7 Å². The first kappa shape index (κ1) is 8.45. The van der Waals surface area contributed by atoms with Crippen LogP contribution < -0.4 is 0 Å². The van der Waals surface area contributed by atoms with E-state index in [0.29, 0.717) is 5.25 Å². The zero-order valence-electron chi connectivity index (χ0n) is 6.84. The summed E-state index contributed by atoms with van der Waals surface area (Å²) in [6.07, 6.45) is 8.46. The number of rotatable bonds is 2. The first-order valence-electron chi connectivity index (χ1n) is 4.52. The molecular formula is C9H18S. The third-order valence-electron chi connectivity index (χ3n) is 2.61. The van der Waals surface area contributed by atoms with E-state index in [1.165, 1.54) is 38.5 Å². The maximum absolute atomic E-state index is 4.57. The summed E-state index contributed by atoms with van der Waals surface area (Å²) < 4.78 is 0. The molecule has 1 heteroatoms. The molecule has 0 unspecified atom stereocenters. The van der Waals surface area contributed by atoms with E-state index in [9.17, 15) is 0 Å². The minimum atomic E-state index is 0.681. The Morgan fingerprint density at radius 3 is 2.40 bits per heavy atom. The van der Waals surface area contributed by atoms with Crippen molar-refractivity contribution in [2.75, 3.05) is 0 Å². The largest absolute Gasteiger partial charge is 0.176 e. The highest BCUT2D eigenvalue weighted by Gasteiger charge is 2.18. The third-order valence-corrected chi connectivity index (χ3v) is 3.40. The molecule has 0 heterocycles. The highest BCUT2D eigenvalue weighted by atomic mass is 32.1. The van der Waals surface area contributed by atoms with Gasteiger partial charge in [-0.15, -0.1) is 0 Å². The second-order valence-corrected chi connectivity index (χ2v) is 4.04. The fraction of sp³-hybridized carbons (Fsp3) is 1.00. The number of hydrogen-bond donors (Lipinski definition) is 1. The summed E-state index contributed by atoms with van der Waals surface area (Å²) in [6, 6.07) is 0. The lowest BCUT2D eigenvalue weighted by molar-refractivity contribution is 0.346. The number of thiol groups is 1. The van der Waals surface area contributed by atoms with Gasteiger partial charge in [-0.3, -0.25) is 0 Å². The Bertz CT molecular complexity index is 84.7. The van der Waals surface area contributed by atoms with Crippen molar-refractivity contribution >= 4 is 12.6 Å². The fourth-order valence-electron chi connectivity index (χ4n) is 1.85. The van der Waals surface area contributed by atoms with E-state index in [4.69, 9.17) is 0 Å². The van der Waals surface area contributed by atoms with Crippen LogP contribution in [0.5, 0.6) is 0 Å². The predicted octanol–water partition coefficient (Wildman–Crippen LogP) is 3.28. The summed E-state index contributed by atoms with van der Waals surface area (Å²) >= 11 is 4.57. The van der Waals surface area contributed by atoms with Gasteiger partial charge in [0.15, 0.2) is 0 Å². The molecular weight excluding hydrogens is 140 g/mol. The molecule has 1 fully saturated rings. The van der Waals surface area contributed by atoms with Gasteiger partial charge in [-0.1, -0.05) is 26.2 Å². The Balaban J connectivity index is 2.24. The van der Waals surface area contributed by atoms with Crippen molar-refractivity contribution in [3.63, 3.8) is 0 Å². The van der Waals surface area contributed by atoms with Crippen molar-refractivity contribution in [1.29, 1.82) is 0 Å². The molecule has 0 N–H and O–H groups in total. The molecule has 0 bridgehead atoms. The Morgan fingerprint density at radius 1 is 1.30 bits per heavy atom. The van der Waals surface area contributed by atoms with E-state index in [0.717, 1.165) is 5.92 Å². The minimum Gasteiger partial charge on any atom is -0.176 e. The molecule has 0 nitrogen and oxygen atoms in total. The molecule has 0 aromatic heterocycles. The zero-order chi connectivity index (χ0) is 7.40. The van der Waals surface area contributed by atoms with Crippen LogP contribution in [0.4, 0.5) is 0 Å². The van der Waals surface area contributed by atoms with E-state index < -0.39 is 0 Å². The molecule has 0 aliphatic heterocycles. The molecule has 1 saturated carbocycles. The van der Waals surface area contributed by atoms with Gasteiger partial charge in [-0.25, -0.2) is 0 Å². The van der Waals surface area contributed by atoms with Gasteiger partial charge in [0.1, 0.15) is 0 Å². The molecule has 1 aliphatic carbocycles. The van der Waals surface area contributed by atoms with Crippen LogP contribution in [0.1, 0.15) is 45.4 Å². The van der Waals surface area contributed by atoms with Crippen molar-refractivity contribution < 1.29 is 0 Å². The van der Waals surface area contributed by atoms with Gasteiger partial charge >= 0.3 is 0 Å². The first-order valence-corrected chi connectivity index (χ1v) is 5.04. The highest BCUT2D eigenvalue weighted by Crippen LogP contribution is 2.30. The lowest BCUT2D eigenvalue weighted by atomic mass is 9.86. The van der Waals surface area contributed by atoms with E-state index in [1.54, 1.807) is 0 Å². The average molecular weight is 158 g/mol. The van der Waals surface area contributed by atoms with Crippen molar-refractivity contribution in [2.24, 2.45) is 5.92 Å². The average Bonchev–Trinajstić information content (AvgIpc) is 2.05. The highest BCUT2D eigenvalue weighted by molar-refractivity contribution is 7.81. The van der Waals surface area contributed by atoms with Crippen LogP contribution in [0.25, 0.3) is 0 Å². The molecule has 0 spiro atoms. The maximum Gasteiger partial charge on any atom is 0.00424 e. The summed E-state index contributed by atoms with van der Waals surface area (Å²) in [5, 5.41) is 0.681. The molecule has 0 saturated heterocycles. The third kappa shape index (κ3) is 2.19. The van der Waals surface area contributed by atoms with Crippen molar-refractivity contribution in [3.8, 4) is 0 Å². The van der Waals surface area contributed by atoms with Gasteiger partial charge < -0.3 is 0 Å². The predicted molar refractivity (Wildman–Crippen MR) is 49.6 cm³/mol. The van der Waals surface area contributed by atoms with Crippen molar-refractivity contribution in [3.05, 3.63) is 0 Å². The first-order chi connectivity index (χ1) is 4.84. The smallest absolute Gasteiger partial charge is 0.00424 e. The molecule has 1 rings (SSSR count). The quantitative estimate of drug-likeness (QED) is 0.586. The van der Waals surface area contributed by atoms with Gasteiger partial charge in [0.25, 0.3) is 0 Å². The van der Waals surface area contributed by atoms with Crippen LogP contribution in [0.3, 0.4) is 0 Å². The minimum absolute atomic E-state index is 0.681. The van der Waals surface area contributed by atoms with E-state index in [2.05, 4.69) is 19.6 Å². The summed E-state index contributed by atoms with van der Waals surface area (Å²) in [5.74, 6) is 0.932. The molecule has 0 aromatic carbocycles. The molecule has 10 heavy (non-hydrogen) atoms. The topological polar surface area (TPSA) is 0 Å². The Kier molecular flexibility index (Phi) is 3.61. The maximum atomic E-state index is 4.57. The van der Waals surface area contributed by atoms with Crippen LogP contribution in [0, 0.1) is 5.92 Å². The van der Waals surface area contributed by atoms with Crippen LogP contribution in [-0.2, 0) is 0 Å². The lowest BCUT2D eigenvalue weighted by Gasteiger charge is -2.25. The van der Waals surface area contributed by atoms with Gasteiger partial charge in [0.05, 0.1) is 0 Å². The van der Waals surface area contributed by atoms with Crippen molar-refractivity contribution in [1.82, 2.24) is 0 Å². The van der Waals surface area contributed by atoms with Gasteiger partial charge in [-0.2, -0.15) is 12.6 Å². The second kappa shape index (κ2) is 4.27. The van der Waals surface area contributed by atoms with Crippen LogP contribution in [0.15, 0.2) is 0 Å². The fourth-order valence-corrected chi connectivity index (χ4v) is 2.15. The molecule has 0 aromatic rings. The SMILES string of the molecule is CC[C@H](S)C1CCCCC1. The van der Waals surface area contributed by atoms with Crippen LogP contribution >= 0.6 is 12.6 Å². The summed E-state index contributed by atoms with van der Waals surface area (Å²) in [5.41, 5.74) is 0. The Labute approximate surface area is 69.8 Å². The summed E-state index contributed by atoms with van der Waals surface area (Å²) in [4.78, 5) is 0. The van der Waals surface area contributed by atoms with Crippen LogP contribution in [-0.4, -0.2) is 5.25 Å². The van der Waals surface area contributed by atoms with Gasteiger partial charge in [0, 0.05) is 5.25 Å². The molecule has 0 amide bonds. The molecule has 60 valence electrons. The van der Waals surface area contributed by atoms with E-state index in [1.807, 2.05) is 0 Å². The Hall–Kier alpha value is 0.350. The van der Waals surface area contributed by atoms with Gasteiger partial charge in [0.2, 0.25) is 0 Å². The van der Waals surface area contributed by atoms with Gasteiger partial charge in [-0.05, 0) is 25.2 Å². The number of hydrogen-bond acceptors (Lipinski definition) is 1. The Morgan fingerprint density at radius 2 is 1.90 bits per heavy atom. The standard InChI is InChI=1S/C9H18S/c1-2-9(10)8-6-4-3-5-7-8/h8-10H,2-7H2,1H3/t9-/m0/s1. The van der Waals surface area contributed by atoms with E-state index >= 15 is 0 Å². The molecule has 0 radical (unpaired) electrons.